The van der Waals surface area contributed by atoms with Crippen LogP contribution < -0.4 is 21.3 Å². The fourth-order valence-electron chi connectivity index (χ4n) is 3.56. The number of hydrogen-bond donors (Lipinski definition) is 4. The molecule has 4 N–H and O–H groups in total. The lowest BCUT2D eigenvalue weighted by atomic mass is 10.0. The molecule has 0 unspecified atom stereocenters. The number of ether oxygens (including phenoxy) is 2. The van der Waals surface area contributed by atoms with E-state index >= 15 is 0 Å². The molecule has 0 bridgehead atoms. The topological polar surface area (TPSA) is 137 Å². The van der Waals surface area contributed by atoms with Crippen LogP contribution in [0.1, 0.15) is 47.8 Å². The zero-order valence-electron chi connectivity index (χ0n) is 20.0. The van der Waals surface area contributed by atoms with Crippen molar-refractivity contribution in [3.8, 4) is 6.07 Å². The number of carbonyl (C=O) groups is 2. The molecule has 2 amide bonds. The Balaban J connectivity index is 1.87. The van der Waals surface area contributed by atoms with E-state index in [4.69, 9.17) is 9.47 Å². The molecule has 0 saturated heterocycles. The number of pyridine rings is 1. The molecule has 34 heavy (non-hydrogen) atoms. The van der Waals surface area contributed by atoms with E-state index in [1.165, 1.54) is 7.11 Å². The van der Waals surface area contributed by atoms with E-state index in [9.17, 15) is 14.9 Å². The number of carbonyl (C=O) groups excluding carboxylic acids is 2. The summed E-state index contributed by atoms with van der Waals surface area (Å²) in [5.41, 5.74) is 2.38. The second-order valence-corrected chi connectivity index (χ2v) is 9.01. The number of methoxy groups -OCH3 is 1. The molecule has 0 radical (unpaired) electrons. The molecule has 0 spiro atoms. The molecule has 2 aromatic rings. The predicted molar refractivity (Wildman–Crippen MR) is 128 cm³/mol. The van der Waals surface area contributed by atoms with E-state index in [0.29, 0.717) is 22.8 Å². The number of benzene rings is 1. The highest BCUT2D eigenvalue weighted by Gasteiger charge is 2.30. The molecular weight excluding hydrogens is 436 g/mol. The fraction of sp³-hybridized carbons (Fsp3) is 0.417. The second kappa shape index (κ2) is 10.4. The molecule has 0 fully saturated rings. The van der Waals surface area contributed by atoms with Gasteiger partial charge < -0.3 is 30.7 Å². The average molecular weight is 467 g/mol. The Kier molecular flexibility index (Phi) is 7.58. The van der Waals surface area contributed by atoms with E-state index in [1.54, 1.807) is 20.8 Å². The molecule has 10 nitrogen and oxygen atoms in total. The molecule has 3 rings (SSSR count). The largest absolute Gasteiger partial charge is 0.444 e. The van der Waals surface area contributed by atoms with E-state index in [0.717, 1.165) is 11.3 Å². The normalized spacial score (nSPS) is 13.4. The number of nitrogens with zero attached hydrogens (tertiary/aromatic N) is 2. The Morgan fingerprint density at radius 2 is 2.09 bits per heavy atom. The third-order valence-electron chi connectivity index (χ3n) is 4.95. The minimum atomic E-state index is -0.638. The maximum Gasteiger partial charge on any atom is 0.408 e. The minimum Gasteiger partial charge on any atom is -0.444 e. The van der Waals surface area contributed by atoms with Gasteiger partial charge in [-0.1, -0.05) is 12.1 Å². The number of rotatable bonds is 8. The van der Waals surface area contributed by atoms with Crippen LogP contribution in [0.3, 0.4) is 0 Å². The Labute approximate surface area is 199 Å². The van der Waals surface area contributed by atoms with Gasteiger partial charge in [-0.05, 0) is 45.4 Å². The van der Waals surface area contributed by atoms with E-state index in [1.807, 2.05) is 31.2 Å². The van der Waals surface area contributed by atoms with Gasteiger partial charge in [0.05, 0.1) is 18.2 Å². The summed E-state index contributed by atoms with van der Waals surface area (Å²) in [6.07, 6.45) is -0.574. The summed E-state index contributed by atoms with van der Waals surface area (Å²) in [5, 5.41) is 21.7. The summed E-state index contributed by atoms with van der Waals surface area (Å²) in [6, 6.07) is 9.38. The lowest BCUT2D eigenvalue weighted by Crippen LogP contribution is -2.45. The number of aryl methyl sites for hydroxylation is 1. The first kappa shape index (κ1) is 24.8. The molecular formula is C24H30N6O4. The van der Waals surface area contributed by atoms with Crippen LogP contribution in [-0.2, 0) is 16.0 Å². The van der Waals surface area contributed by atoms with Crippen molar-refractivity contribution in [3.63, 3.8) is 0 Å². The van der Waals surface area contributed by atoms with Crippen molar-refractivity contribution in [1.82, 2.24) is 15.6 Å². The first-order valence-corrected chi connectivity index (χ1v) is 10.9. The maximum absolute atomic E-state index is 12.5. The van der Waals surface area contributed by atoms with Crippen LogP contribution in [0.15, 0.2) is 24.3 Å². The van der Waals surface area contributed by atoms with Gasteiger partial charge in [0.2, 0.25) is 0 Å². The van der Waals surface area contributed by atoms with Gasteiger partial charge in [0, 0.05) is 31.5 Å². The summed E-state index contributed by atoms with van der Waals surface area (Å²) in [4.78, 5) is 29.3. The summed E-state index contributed by atoms with van der Waals surface area (Å²) in [7, 11) is 1.53. The monoisotopic (exact) mass is 466 g/mol. The highest BCUT2D eigenvalue weighted by molar-refractivity contribution is 6.04. The smallest absolute Gasteiger partial charge is 0.408 e. The summed E-state index contributed by atoms with van der Waals surface area (Å²) in [5.74, 6) is 0.366. The lowest BCUT2D eigenvalue weighted by molar-refractivity contribution is 0.0474. The van der Waals surface area contributed by atoms with Crippen LogP contribution >= 0.6 is 0 Å². The van der Waals surface area contributed by atoms with Crippen molar-refractivity contribution in [2.24, 2.45) is 0 Å². The summed E-state index contributed by atoms with van der Waals surface area (Å²) < 4.78 is 10.5. The molecule has 1 aliphatic rings. The van der Waals surface area contributed by atoms with Gasteiger partial charge in [0.1, 0.15) is 28.9 Å². The minimum absolute atomic E-state index is 0.216. The highest BCUT2D eigenvalue weighted by Crippen LogP contribution is 2.32. The van der Waals surface area contributed by atoms with Crippen molar-refractivity contribution in [2.75, 3.05) is 30.9 Å². The first-order valence-electron chi connectivity index (χ1n) is 10.9. The molecule has 180 valence electrons. The van der Waals surface area contributed by atoms with Crippen molar-refractivity contribution in [1.29, 1.82) is 5.26 Å². The van der Waals surface area contributed by atoms with Gasteiger partial charge in [-0.2, -0.15) is 5.26 Å². The predicted octanol–water partition coefficient (Wildman–Crippen LogP) is 3.20. The first-order chi connectivity index (χ1) is 16.1. The Morgan fingerprint density at radius 1 is 1.32 bits per heavy atom. The van der Waals surface area contributed by atoms with Crippen LogP contribution in [0.4, 0.5) is 22.1 Å². The zero-order valence-corrected chi connectivity index (χ0v) is 20.0. The SMILES string of the molecule is COC[C@@H](CNc1nc(Nc2cccc(C)c2)c2c(c1C#N)CNC2=O)NC(=O)OC(C)(C)C. The Hall–Kier alpha value is -3.84. The Morgan fingerprint density at radius 3 is 2.74 bits per heavy atom. The third-order valence-corrected chi connectivity index (χ3v) is 4.95. The Bertz CT molecular complexity index is 1120. The average Bonchev–Trinajstić information content (AvgIpc) is 3.12. The van der Waals surface area contributed by atoms with Gasteiger partial charge in [-0.15, -0.1) is 0 Å². The third kappa shape index (κ3) is 6.14. The van der Waals surface area contributed by atoms with Crippen molar-refractivity contribution < 1.29 is 19.1 Å². The molecule has 1 aromatic carbocycles. The van der Waals surface area contributed by atoms with Gasteiger partial charge in [0.25, 0.3) is 5.91 Å². The van der Waals surface area contributed by atoms with Crippen LogP contribution in [0, 0.1) is 18.3 Å². The van der Waals surface area contributed by atoms with Gasteiger partial charge in [-0.3, -0.25) is 4.79 Å². The number of nitrogens with one attached hydrogen (secondary N) is 4. The van der Waals surface area contributed by atoms with Gasteiger partial charge in [-0.25, -0.2) is 9.78 Å². The summed E-state index contributed by atoms with van der Waals surface area (Å²) in [6.45, 7) is 7.97. The quantitative estimate of drug-likeness (QED) is 0.465. The zero-order chi connectivity index (χ0) is 24.9. The molecule has 1 atom stereocenters. The molecule has 1 aliphatic heterocycles. The van der Waals surface area contributed by atoms with Crippen molar-refractivity contribution >= 4 is 29.3 Å². The van der Waals surface area contributed by atoms with Gasteiger partial charge >= 0.3 is 6.09 Å². The van der Waals surface area contributed by atoms with E-state index < -0.39 is 17.7 Å². The highest BCUT2D eigenvalue weighted by atomic mass is 16.6. The maximum atomic E-state index is 12.5. The fourth-order valence-corrected chi connectivity index (χ4v) is 3.56. The molecule has 1 aromatic heterocycles. The molecule has 2 heterocycles. The number of aromatic nitrogens is 1. The molecule has 10 heteroatoms. The number of hydrogen-bond acceptors (Lipinski definition) is 8. The molecule has 0 aliphatic carbocycles. The van der Waals surface area contributed by atoms with Crippen LogP contribution in [0.2, 0.25) is 0 Å². The number of anilines is 3. The van der Waals surface area contributed by atoms with E-state index in [2.05, 4.69) is 32.3 Å². The van der Waals surface area contributed by atoms with Crippen LogP contribution in [0.5, 0.6) is 0 Å². The van der Waals surface area contributed by atoms with Crippen molar-refractivity contribution in [3.05, 3.63) is 46.5 Å². The standard InChI is InChI=1S/C24H30N6O4/c1-14-7-6-8-15(9-14)28-21-19-18(12-27-22(19)31)17(10-25)20(30-21)26-11-16(13-33-5)29-23(32)34-24(2,3)4/h6-9,16H,11-13H2,1-5H3,(H,27,31)(H,29,32)(H2,26,28,30)/t16-/m1/s1. The number of nitriles is 1. The van der Waals surface area contributed by atoms with Crippen LogP contribution in [0.25, 0.3) is 0 Å². The second-order valence-electron chi connectivity index (χ2n) is 9.01. The van der Waals surface area contributed by atoms with E-state index in [-0.39, 0.29) is 31.2 Å². The summed E-state index contributed by atoms with van der Waals surface area (Å²) >= 11 is 0. The van der Waals surface area contributed by atoms with Crippen molar-refractivity contribution in [2.45, 2.75) is 45.9 Å². The number of fused-ring (bicyclic) bond motifs is 1. The number of alkyl carbamates (subject to hydrolysis) is 1. The van der Waals surface area contributed by atoms with Gasteiger partial charge in [0.15, 0.2) is 0 Å². The lowest BCUT2D eigenvalue weighted by Gasteiger charge is -2.24. The van der Waals surface area contributed by atoms with Crippen LogP contribution in [-0.4, -0.2) is 48.9 Å². The molecule has 0 saturated carbocycles. The number of amides is 2.